The molecule has 1 N–H and O–H groups in total. The van der Waals surface area contributed by atoms with E-state index in [0.717, 1.165) is 27.8 Å². The van der Waals surface area contributed by atoms with Crippen LogP contribution in [0.4, 0.5) is 0 Å². The molecule has 0 aliphatic heterocycles. The van der Waals surface area contributed by atoms with Crippen LogP contribution in [0.1, 0.15) is 17.0 Å². The van der Waals surface area contributed by atoms with Crippen molar-refractivity contribution in [3.05, 3.63) is 106 Å². The van der Waals surface area contributed by atoms with E-state index in [4.69, 9.17) is 15.1 Å². The molecule has 34 heavy (non-hydrogen) atoms. The van der Waals surface area contributed by atoms with Crippen molar-refractivity contribution in [3.63, 3.8) is 0 Å². The number of hydrogen-bond acceptors (Lipinski definition) is 4. The molecule has 0 amide bonds. The third-order valence-corrected chi connectivity index (χ3v) is 6.00. The van der Waals surface area contributed by atoms with Crippen molar-refractivity contribution in [1.29, 1.82) is 0 Å². The maximum absolute atomic E-state index is 13.9. The van der Waals surface area contributed by atoms with Crippen LogP contribution in [0.15, 0.2) is 88.8 Å². The van der Waals surface area contributed by atoms with E-state index in [-0.39, 0.29) is 5.56 Å². The van der Waals surface area contributed by atoms with Crippen molar-refractivity contribution in [1.82, 2.24) is 19.2 Å². The topological polar surface area (TPSA) is 79.2 Å². The van der Waals surface area contributed by atoms with Gasteiger partial charge in [-0.2, -0.15) is 4.57 Å². The van der Waals surface area contributed by atoms with Crippen molar-refractivity contribution in [3.8, 4) is 5.69 Å². The Labute approximate surface area is 194 Å². The molecule has 0 atom stereocenters. The predicted octanol–water partition coefficient (Wildman–Crippen LogP) is 4.20. The van der Waals surface area contributed by atoms with Gasteiger partial charge in [0.1, 0.15) is 11.2 Å². The van der Waals surface area contributed by atoms with Gasteiger partial charge < -0.3 is 0 Å². The molecule has 0 aliphatic carbocycles. The average Bonchev–Trinajstić information content (AvgIpc) is 3.15. The summed E-state index contributed by atoms with van der Waals surface area (Å²) >= 11 is 0. The van der Waals surface area contributed by atoms with Gasteiger partial charge in [0.15, 0.2) is 5.39 Å². The van der Waals surface area contributed by atoms with E-state index >= 15 is 0 Å². The zero-order valence-corrected chi connectivity index (χ0v) is 18.7. The number of rotatable bonds is 3. The maximum atomic E-state index is 13.9. The minimum absolute atomic E-state index is 0.170. The molecule has 3 heterocycles. The van der Waals surface area contributed by atoms with E-state index in [0.29, 0.717) is 28.0 Å². The number of benzene rings is 3. The molecule has 7 nitrogen and oxygen atoms in total. The largest absolute Gasteiger partial charge is 0.327 e. The highest BCUT2D eigenvalue weighted by Crippen LogP contribution is 2.24. The Morgan fingerprint density at radius 2 is 1.53 bits per heavy atom. The number of aromatic nitrogens is 5. The Morgan fingerprint density at radius 3 is 2.29 bits per heavy atom. The molecular weight excluding hydrogens is 424 g/mol. The van der Waals surface area contributed by atoms with Gasteiger partial charge in [-0.15, -0.1) is 9.78 Å². The van der Waals surface area contributed by atoms with Crippen LogP contribution >= 0.6 is 0 Å². The molecule has 6 aromatic rings. The molecule has 6 rings (SSSR count). The van der Waals surface area contributed by atoms with E-state index < -0.39 is 0 Å². The van der Waals surface area contributed by atoms with Gasteiger partial charge in [0.25, 0.3) is 5.65 Å². The molecule has 7 heteroatoms. The number of nitrogens with zero attached hydrogens (tertiary/aromatic N) is 5. The normalized spacial score (nSPS) is 11.8. The summed E-state index contributed by atoms with van der Waals surface area (Å²) < 4.78 is 3.34. The molecule has 0 fully saturated rings. The fraction of sp³-hybridized carbons (Fsp3) is 0.0741. The molecule has 164 valence electrons. The van der Waals surface area contributed by atoms with Gasteiger partial charge in [-0.3, -0.25) is 0 Å². The summed E-state index contributed by atoms with van der Waals surface area (Å²) in [5.41, 5.74) is 5.77. The number of H-pyrrole nitrogens is 1. The van der Waals surface area contributed by atoms with Crippen LogP contribution in [0.25, 0.3) is 38.9 Å². The Morgan fingerprint density at radius 1 is 0.853 bits per heavy atom. The number of hydrogen-bond donors (Lipinski definition) is 0. The quantitative estimate of drug-likeness (QED) is 0.383. The SMILES string of the molecule is Cc1ccccc1/C=N/n1c2nc3ccccc3nc2c2c(=O)n(-c3ccccc3)c(C)[nH+]c21. The van der Waals surface area contributed by atoms with Gasteiger partial charge in [-0.25, -0.2) is 19.7 Å². The number of nitrogens with one attached hydrogen (secondary N) is 1. The van der Waals surface area contributed by atoms with E-state index in [1.165, 1.54) is 0 Å². The third-order valence-electron chi connectivity index (χ3n) is 6.00. The molecule has 0 unspecified atom stereocenters. The lowest BCUT2D eigenvalue weighted by molar-refractivity contribution is -0.366. The molecule has 0 bridgehead atoms. The molecular formula is C27H21N6O+. The molecule has 0 saturated carbocycles. The summed E-state index contributed by atoms with van der Waals surface area (Å²) in [5, 5.41) is 5.20. The first-order valence-electron chi connectivity index (χ1n) is 11.0. The van der Waals surface area contributed by atoms with Crippen molar-refractivity contribution in [2.24, 2.45) is 5.10 Å². The van der Waals surface area contributed by atoms with Gasteiger partial charge >= 0.3 is 5.56 Å². The number of para-hydroxylation sites is 3. The lowest BCUT2D eigenvalue weighted by Gasteiger charge is -2.04. The third kappa shape index (κ3) is 3.09. The standard InChI is InChI=1S/C27H20N6O/c1-17-10-6-7-11-19(17)16-28-33-25-23(24-26(33)31-22-15-9-8-14-21(22)30-24)27(34)32(18(2)29-25)20-12-4-3-5-13-20/h3-16H,1-2H3/p+1/b28-16+. The monoisotopic (exact) mass is 445 g/mol. The van der Waals surface area contributed by atoms with E-state index in [1.54, 1.807) is 15.5 Å². The summed E-state index contributed by atoms with van der Waals surface area (Å²) in [5.74, 6) is 0.684. The number of aromatic amines is 1. The Balaban J connectivity index is 1.73. The smallest absolute Gasteiger partial charge is 0.249 e. The van der Waals surface area contributed by atoms with Crippen molar-refractivity contribution in [2.75, 3.05) is 0 Å². The minimum atomic E-state index is -0.170. The zero-order valence-electron chi connectivity index (χ0n) is 18.7. The molecule has 3 aromatic heterocycles. The first-order chi connectivity index (χ1) is 16.6. The highest BCUT2D eigenvalue weighted by Gasteiger charge is 2.26. The van der Waals surface area contributed by atoms with Crippen LogP contribution in [0.2, 0.25) is 0 Å². The first kappa shape index (κ1) is 20.0. The Hall–Kier alpha value is -4.65. The molecule has 0 radical (unpaired) electrons. The van der Waals surface area contributed by atoms with E-state index in [2.05, 4.69) is 4.98 Å². The lowest BCUT2D eigenvalue weighted by Crippen LogP contribution is -2.30. The highest BCUT2D eigenvalue weighted by atomic mass is 16.1. The van der Waals surface area contributed by atoms with Gasteiger partial charge in [0, 0.05) is 6.92 Å². The molecule has 0 saturated heterocycles. The van der Waals surface area contributed by atoms with Gasteiger partial charge in [-0.1, -0.05) is 54.6 Å². The van der Waals surface area contributed by atoms with Crippen molar-refractivity contribution < 1.29 is 4.98 Å². The van der Waals surface area contributed by atoms with Gasteiger partial charge in [0.2, 0.25) is 11.5 Å². The Kier molecular flexibility index (Phi) is 4.55. The number of fused-ring (bicyclic) bond motifs is 4. The van der Waals surface area contributed by atoms with E-state index in [9.17, 15) is 4.79 Å². The second kappa shape index (κ2) is 7.74. The second-order valence-electron chi connectivity index (χ2n) is 8.21. The fourth-order valence-corrected chi connectivity index (χ4v) is 4.29. The first-order valence-corrected chi connectivity index (χ1v) is 11.0. The average molecular weight is 446 g/mol. The van der Waals surface area contributed by atoms with Crippen LogP contribution in [0.3, 0.4) is 0 Å². The molecule has 0 aliphatic rings. The van der Waals surface area contributed by atoms with Crippen LogP contribution in [-0.4, -0.2) is 25.4 Å². The van der Waals surface area contributed by atoms with Crippen LogP contribution < -0.4 is 10.5 Å². The van der Waals surface area contributed by atoms with E-state index in [1.807, 2.05) is 92.7 Å². The van der Waals surface area contributed by atoms with Crippen LogP contribution in [0.5, 0.6) is 0 Å². The molecule has 3 aromatic carbocycles. The highest BCUT2D eigenvalue weighted by molar-refractivity contribution is 6.04. The minimum Gasteiger partial charge on any atom is -0.249 e. The maximum Gasteiger partial charge on any atom is 0.327 e. The number of aryl methyl sites for hydroxylation is 2. The summed E-state index contributed by atoms with van der Waals surface area (Å²) in [6, 6.07) is 25.2. The van der Waals surface area contributed by atoms with Gasteiger partial charge in [0.05, 0.1) is 17.2 Å². The summed E-state index contributed by atoms with van der Waals surface area (Å²) in [6.07, 6.45) is 1.79. The summed E-state index contributed by atoms with van der Waals surface area (Å²) in [6.45, 7) is 3.91. The molecule has 0 spiro atoms. The predicted molar refractivity (Wildman–Crippen MR) is 134 cm³/mol. The van der Waals surface area contributed by atoms with Crippen molar-refractivity contribution >= 4 is 39.4 Å². The van der Waals surface area contributed by atoms with Gasteiger partial charge in [-0.05, 0) is 42.3 Å². The van der Waals surface area contributed by atoms with Crippen LogP contribution in [0, 0.1) is 13.8 Å². The zero-order chi connectivity index (χ0) is 23.2. The Bertz CT molecular complexity index is 1800. The van der Waals surface area contributed by atoms with Crippen molar-refractivity contribution in [2.45, 2.75) is 13.8 Å². The lowest BCUT2D eigenvalue weighted by atomic mass is 10.1. The summed E-state index contributed by atoms with van der Waals surface area (Å²) in [7, 11) is 0. The second-order valence-corrected chi connectivity index (χ2v) is 8.21. The summed E-state index contributed by atoms with van der Waals surface area (Å²) in [4.78, 5) is 26.9. The van der Waals surface area contributed by atoms with Crippen LogP contribution in [-0.2, 0) is 0 Å². The fourth-order valence-electron chi connectivity index (χ4n) is 4.29.